The summed E-state index contributed by atoms with van der Waals surface area (Å²) < 4.78 is 0. The highest BCUT2D eigenvalue weighted by Crippen LogP contribution is 2.21. The lowest BCUT2D eigenvalue weighted by Gasteiger charge is -2.37. The summed E-state index contributed by atoms with van der Waals surface area (Å²) in [7, 11) is 0. The minimum atomic E-state index is 0.0385. The van der Waals surface area contributed by atoms with E-state index in [0.717, 1.165) is 31.1 Å². The number of carbonyl (C=O) groups is 1. The Morgan fingerprint density at radius 2 is 2.28 bits per heavy atom. The van der Waals surface area contributed by atoms with Crippen molar-refractivity contribution in [3.8, 4) is 0 Å². The van der Waals surface area contributed by atoms with E-state index in [1.807, 2.05) is 17.9 Å². The van der Waals surface area contributed by atoms with Gasteiger partial charge in [-0.05, 0) is 18.5 Å². The fraction of sp³-hybridized carbons (Fsp3) is 0.545. The maximum atomic E-state index is 11.5. The molecule has 1 N–H and O–H groups in total. The van der Waals surface area contributed by atoms with Crippen LogP contribution in [0.2, 0.25) is 5.28 Å². The van der Waals surface area contributed by atoms with Crippen molar-refractivity contribution in [1.82, 2.24) is 20.2 Å². The molecule has 0 saturated carbocycles. The van der Waals surface area contributed by atoms with Gasteiger partial charge in [-0.25, -0.2) is 14.8 Å². The van der Waals surface area contributed by atoms with Crippen LogP contribution in [-0.2, 0) is 0 Å². The van der Waals surface area contributed by atoms with Gasteiger partial charge in [-0.1, -0.05) is 0 Å². The number of fused-ring (bicyclic) bond motifs is 1. The van der Waals surface area contributed by atoms with Gasteiger partial charge in [-0.3, -0.25) is 0 Å². The number of carbonyl (C=O) groups excluding carboxylic acids is 1. The van der Waals surface area contributed by atoms with E-state index in [4.69, 9.17) is 11.6 Å². The van der Waals surface area contributed by atoms with Crippen LogP contribution in [0.25, 0.3) is 0 Å². The number of hydrogen-bond donors (Lipinski definition) is 1. The molecule has 2 aliphatic rings. The minimum Gasteiger partial charge on any atom is -0.353 e. The first-order valence-electron chi connectivity index (χ1n) is 5.94. The lowest BCUT2D eigenvalue weighted by molar-refractivity contribution is 0.197. The number of nitrogens with one attached hydrogen (secondary N) is 1. The Labute approximate surface area is 110 Å². The molecule has 96 valence electrons. The molecule has 1 atom stereocenters. The van der Waals surface area contributed by atoms with Crippen molar-refractivity contribution in [1.29, 1.82) is 0 Å². The van der Waals surface area contributed by atoms with E-state index in [2.05, 4.69) is 20.2 Å². The first-order valence-corrected chi connectivity index (χ1v) is 6.32. The molecule has 2 aliphatic heterocycles. The Morgan fingerprint density at radius 1 is 1.44 bits per heavy atom. The van der Waals surface area contributed by atoms with Crippen LogP contribution in [0, 0.1) is 6.92 Å². The second-order valence-electron chi connectivity index (χ2n) is 4.62. The maximum Gasteiger partial charge on any atom is 0.317 e. The zero-order chi connectivity index (χ0) is 12.7. The van der Waals surface area contributed by atoms with Crippen molar-refractivity contribution in [2.45, 2.75) is 13.0 Å². The summed E-state index contributed by atoms with van der Waals surface area (Å²) in [4.78, 5) is 23.9. The van der Waals surface area contributed by atoms with Gasteiger partial charge in [0, 0.05) is 37.9 Å². The van der Waals surface area contributed by atoms with Crippen molar-refractivity contribution in [3.63, 3.8) is 0 Å². The molecule has 2 saturated heterocycles. The molecule has 6 nitrogen and oxygen atoms in total. The van der Waals surface area contributed by atoms with Crippen molar-refractivity contribution < 1.29 is 4.79 Å². The molecule has 3 rings (SSSR count). The number of piperazine rings is 1. The van der Waals surface area contributed by atoms with Crippen LogP contribution in [-0.4, -0.2) is 53.1 Å². The van der Waals surface area contributed by atoms with Crippen LogP contribution in [0.4, 0.5) is 10.6 Å². The quantitative estimate of drug-likeness (QED) is 0.759. The predicted octanol–water partition coefficient (Wildman–Crippen LogP) is 0.652. The van der Waals surface area contributed by atoms with E-state index >= 15 is 0 Å². The lowest BCUT2D eigenvalue weighted by atomic mass is 10.2. The standard InChI is InChI=1S/C11H14ClN5O/c1-7-4-9(15-10(12)14-7)16-2-3-17-8(6-16)5-13-11(17)18/h4,8H,2-3,5-6H2,1H3,(H,13,18). The molecule has 2 fully saturated rings. The SMILES string of the molecule is Cc1cc(N2CCN3C(=O)NCC3C2)nc(Cl)n1. The molecular formula is C11H14ClN5O. The van der Waals surface area contributed by atoms with Gasteiger partial charge in [-0.15, -0.1) is 0 Å². The third-order valence-corrected chi connectivity index (χ3v) is 3.54. The number of rotatable bonds is 1. The van der Waals surface area contributed by atoms with E-state index in [-0.39, 0.29) is 17.4 Å². The summed E-state index contributed by atoms with van der Waals surface area (Å²) in [5.74, 6) is 0.839. The predicted molar refractivity (Wildman–Crippen MR) is 67.9 cm³/mol. The second kappa shape index (κ2) is 4.28. The Balaban J connectivity index is 1.80. The van der Waals surface area contributed by atoms with Crippen LogP contribution in [0.1, 0.15) is 5.69 Å². The number of amides is 2. The summed E-state index contributed by atoms with van der Waals surface area (Å²) in [5, 5.41) is 3.13. The molecule has 2 amide bonds. The third kappa shape index (κ3) is 1.96. The summed E-state index contributed by atoms with van der Waals surface area (Å²) >= 11 is 5.88. The number of hydrogen-bond acceptors (Lipinski definition) is 4. The number of halogens is 1. The van der Waals surface area contributed by atoms with Crippen molar-refractivity contribution in [2.75, 3.05) is 31.1 Å². The minimum absolute atomic E-state index is 0.0385. The lowest BCUT2D eigenvalue weighted by Crippen LogP contribution is -2.52. The van der Waals surface area contributed by atoms with E-state index < -0.39 is 0 Å². The van der Waals surface area contributed by atoms with Crippen molar-refractivity contribution >= 4 is 23.4 Å². The Bertz CT molecular complexity index is 474. The molecule has 18 heavy (non-hydrogen) atoms. The first kappa shape index (κ1) is 11.5. The number of aromatic nitrogens is 2. The smallest absolute Gasteiger partial charge is 0.317 e. The summed E-state index contributed by atoms with van der Waals surface area (Å²) in [6.45, 7) is 4.88. The molecule has 0 spiro atoms. The van der Waals surface area contributed by atoms with E-state index in [1.165, 1.54) is 0 Å². The molecule has 7 heteroatoms. The summed E-state index contributed by atoms with van der Waals surface area (Å²) in [6, 6.07) is 2.18. The number of urea groups is 1. The first-order chi connectivity index (χ1) is 8.63. The second-order valence-corrected chi connectivity index (χ2v) is 4.95. The van der Waals surface area contributed by atoms with Crippen LogP contribution in [0.3, 0.4) is 0 Å². The average Bonchev–Trinajstić information content (AvgIpc) is 2.69. The molecule has 1 aromatic heterocycles. The maximum absolute atomic E-state index is 11.5. The fourth-order valence-corrected chi connectivity index (χ4v) is 2.71. The van der Waals surface area contributed by atoms with Crippen LogP contribution in [0.5, 0.6) is 0 Å². The van der Waals surface area contributed by atoms with Crippen molar-refractivity contribution in [2.24, 2.45) is 0 Å². The molecule has 0 aromatic carbocycles. The Kier molecular flexibility index (Phi) is 2.74. The van der Waals surface area contributed by atoms with Gasteiger partial charge in [0.1, 0.15) is 5.82 Å². The molecule has 0 bridgehead atoms. The van der Waals surface area contributed by atoms with Crippen LogP contribution in [0.15, 0.2) is 6.07 Å². The highest BCUT2D eigenvalue weighted by molar-refractivity contribution is 6.28. The fourth-order valence-electron chi connectivity index (χ4n) is 2.49. The van der Waals surface area contributed by atoms with Gasteiger partial charge in [0.25, 0.3) is 0 Å². The topological polar surface area (TPSA) is 61.4 Å². The third-order valence-electron chi connectivity index (χ3n) is 3.37. The Hall–Kier alpha value is -1.56. The molecule has 1 aromatic rings. The molecular weight excluding hydrogens is 254 g/mol. The van der Waals surface area contributed by atoms with Crippen LogP contribution < -0.4 is 10.2 Å². The molecule has 1 unspecified atom stereocenters. The zero-order valence-corrected chi connectivity index (χ0v) is 10.8. The van der Waals surface area contributed by atoms with E-state index in [9.17, 15) is 4.79 Å². The van der Waals surface area contributed by atoms with Gasteiger partial charge >= 0.3 is 6.03 Å². The van der Waals surface area contributed by atoms with Gasteiger partial charge in [-0.2, -0.15) is 0 Å². The highest BCUT2D eigenvalue weighted by atomic mass is 35.5. The molecule has 0 radical (unpaired) electrons. The number of anilines is 1. The van der Waals surface area contributed by atoms with Crippen molar-refractivity contribution in [3.05, 3.63) is 17.0 Å². The normalized spacial score (nSPS) is 23.0. The number of nitrogens with zero attached hydrogens (tertiary/aromatic N) is 4. The summed E-state index contributed by atoms with van der Waals surface area (Å²) in [5.41, 5.74) is 0.855. The molecule has 0 aliphatic carbocycles. The van der Waals surface area contributed by atoms with E-state index in [0.29, 0.717) is 6.54 Å². The molecule has 3 heterocycles. The highest BCUT2D eigenvalue weighted by Gasteiger charge is 2.35. The zero-order valence-electron chi connectivity index (χ0n) is 10.1. The largest absolute Gasteiger partial charge is 0.353 e. The Morgan fingerprint density at radius 3 is 3.06 bits per heavy atom. The van der Waals surface area contributed by atoms with Gasteiger partial charge in [0.05, 0.1) is 6.04 Å². The van der Waals surface area contributed by atoms with Gasteiger partial charge in [0.2, 0.25) is 5.28 Å². The van der Waals surface area contributed by atoms with Gasteiger partial charge in [0.15, 0.2) is 0 Å². The van der Waals surface area contributed by atoms with Crippen LogP contribution >= 0.6 is 11.6 Å². The summed E-state index contributed by atoms with van der Waals surface area (Å²) in [6.07, 6.45) is 0. The van der Waals surface area contributed by atoms with E-state index in [1.54, 1.807) is 0 Å². The monoisotopic (exact) mass is 267 g/mol. The average molecular weight is 268 g/mol. The number of aryl methyl sites for hydroxylation is 1. The van der Waals surface area contributed by atoms with Gasteiger partial charge < -0.3 is 15.1 Å².